The Morgan fingerprint density at radius 1 is 1.19 bits per heavy atom. The van der Waals surface area contributed by atoms with Crippen molar-refractivity contribution in [3.05, 3.63) is 65.7 Å². The number of benzene rings is 2. The highest BCUT2D eigenvalue weighted by Crippen LogP contribution is 2.23. The van der Waals surface area contributed by atoms with Gasteiger partial charge < -0.3 is 25.4 Å². The Bertz CT molecular complexity index is 934. The van der Waals surface area contributed by atoms with Crippen molar-refractivity contribution in [3.8, 4) is 5.75 Å². The van der Waals surface area contributed by atoms with Crippen LogP contribution in [0.5, 0.6) is 5.75 Å². The lowest BCUT2D eigenvalue weighted by Gasteiger charge is -2.33. The molecule has 5 N–H and O–H groups in total. The number of nitrogen functional groups attached to an aromatic ring is 1. The normalized spacial score (nSPS) is 14.5. The van der Waals surface area contributed by atoms with Gasteiger partial charge in [-0.05, 0) is 42.8 Å². The predicted octanol–water partition coefficient (Wildman–Crippen LogP) is 3.32. The number of nitrogens with zero attached hydrogens (tertiary/aromatic N) is 2. The maximum Gasteiger partial charge on any atom is 0.122 e. The first-order valence-corrected chi connectivity index (χ1v) is 11.0. The lowest BCUT2D eigenvalue weighted by molar-refractivity contribution is 0.130. The molecule has 0 aromatic heterocycles. The average molecular weight is 436 g/mol. The van der Waals surface area contributed by atoms with Gasteiger partial charge in [-0.2, -0.15) is 0 Å². The number of likely N-dealkylation sites (tertiary alicyclic amines) is 1. The summed E-state index contributed by atoms with van der Waals surface area (Å²) in [5.74, 6) is 1.52. The number of ether oxygens (including phenoxy) is 1. The summed E-state index contributed by atoms with van der Waals surface area (Å²) in [6.07, 6.45) is 6.06. The van der Waals surface area contributed by atoms with Crippen LogP contribution in [-0.4, -0.2) is 60.6 Å². The van der Waals surface area contributed by atoms with Crippen LogP contribution in [-0.2, 0) is 0 Å². The van der Waals surface area contributed by atoms with E-state index in [1.165, 1.54) is 0 Å². The molecule has 1 aliphatic rings. The van der Waals surface area contributed by atoms with Crippen LogP contribution in [0.15, 0.2) is 54.6 Å². The van der Waals surface area contributed by atoms with Crippen LogP contribution in [0.2, 0.25) is 0 Å². The van der Waals surface area contributed by atoms with Crippen LogP contribution in [0.4, 0.5) is 5.69 Å². The molecule has 0 amide bonds. The summed E-state index contributed by atoms with van der Waals surface area (Å²) in [6, 6.07) is 15.6. The Morgan fingerprint density at radius 2 is 1.91 bits per heavy atom. The van der Waals surface area contributed by atoms with Gasteiger partial charge in [-0.25, -0.2) is 0 Å². The maximum absolute atomic E-state index is 9.50. The zero-order valence-corrected chi connectivity index (χ0v) is 18.6. The highest BCUT2D eigenvalue weighted by molar-refractivity contribution is 5.95. The standard InChI is InChI=1S/C25H33N5O2/c1-19(26)29-14-11-24(12-15-29)32-23-9-7-22(8-10-23)30(16-17-31)13-3-5-20-4-2-6-21(18-20)25(27)28/h2-10,18,24,26,31H,11-17H2,1H3,(H3,27,28)/b5-3+,26-19?. The summed E-state index contributed by atoms with van der Waals surface area (Å²) < 4.78 is 6.14. The minimum absolute atomic E-state index is 0.0554. The fourth-order valence-electron chi connectivity index (χ4n) is 3.81. The van der Waals surface area contributed by atoms with Gasteiger partial charge in [-0.3, -0.25) is 10.8 Å². The lowest BCUT2D eigenvalue weighted by Crippen LogP contribution is -2.40. The molecule has 0 radical (unpaired) electrons. The zero-order valence-electron chi connectivity index (χ0n) is 18.6. The fourth-order valence-corrected chi connectivity index (χ4v) is 3.81. The third-order valence-electron chi connectivity index (χ3n) is 5.62. The molecule has 1 aliphatic heterocycles. The van der Waals surface area contributed by atoms with Crippen molar-refractivity contribution in [2.45, 2.75) is 25.9 Å². The van der Waals surface area contributed by atoms with E-state index >= 15 is 0 Å². The van der Waals surface area contributed by atoms with Crippen molar-refractivity contribution in [2.24, 2.45) is 5.73 Å². The molecule has 0 unspecified atom stereocenters. The molecule has 3 rings (SSSR count). The summed E-state index contributed by atoms with van der Waals surface area (Å²) >= 11 is 0. The highest BCUT2D eigenvalue weighted by Gasteiger charge is 2.20. The van der Waals surface area contributed by atoms with Crippen LogP contribution < -0.4 is 15.4 Å². The van der Waals surface area contributed by atoms with Crippen molar-refractivity contribution >= 4 is 23.4 Å². The summed E-state index contributed by atoms with van der Waals surface area (Å²) in [4.78, 5) is 4.18. The number of nitrogens with two attached hydrogens (primary N) is 1. The zero-order chi connectivity index (χ0) is 22.9. The van der Waals surface area contributed by atoms with Crippen LogP contribution in [0, 0.1) is 10.8 Å². The van der Waals surface area contributed by atoms with Crippen molar-refractivity contribution in [3.63, 3.8) is 0 Å². The van der Waals surface area contributed by atoms with Gasteiger partial charge in [0.15, 0.2) is 0 Å². The van der Waals surface area contributed by atoms with E-state index in [4.69, 9.17) is 21.3 Å². The molecule has 0 aliphatic carbocycles. The van der Waals surface area contributed by atoms with E-state index < -0.39 is 0 Å². The van der Waals surface area contributed by atoms with Gasteiger partial charge in [-0.15, -0.1) is 0 Å². The molecule has 7 nitrogen and oxygen atoms in total. The van der Waals surface area contributed by atoms with Gasteiger partial charge >= 0.3 is 0 Å². The van der Waals surface area contributed by atoms with E-state index in [1.54, 1.807) is 0 Å². The van der Waals surface area contributed by atoms with Gasteiger partial charge in [0.05, 0.1) is 12.4 Å². The Morgan fingerprint density at radius 3 is 2.53 bits per heavy atom. The SMILES string of the molecule is CC(=N)N1CCC(Oc2ccc(N(C/C=C/c3cccc(C(=N)N)c3)CCO)cc2)CC1. The first kappa shape index (κ1) is 23.3. The number of nitrogens with one attached hydrogen (secondary N) is 2. The molecular weight excluding hydrogens is 402 g/mol. The number of anilines is 1. The lowest BCUT2D eigenvalue weighted by atomic mass is 10.1. The first-order valence-electron chi connectivity index (χ1n) is 11.0. The molecule has 0 bridgehead atoms. The molecule has 1 heterocycles. The number of aliphatic hydroxyl groups excluding tert-OH is 1. The molecule has 0 saturated carbocycles. The van der Waals surface area contributed by atoms with E-state index in [9.17, 15) is 5.11 Å². The number of amidine groups is 2. The van der Waals surface area contributed by atoms with Crippen LogP contribution >= 0.6 is 0 Å². The van der Waals surface area contributed by atoms with E-state index in [0.717, 1.165) is 42.9 Å². The Balaban J connectivity index is 1.57. The second-order valence-electron chi connectivity index (χ2n) is 7.99. The second kappa shape index (κ2) is 11.3. The molecule has 0 atom stereocenters. The van der Waals surface area contributed by atoms with Crippen molar-refractivity contribution in [1.29, 1.82) is 10.8 Å². The minimum Gasteiger partial charge on any atom is -0.490 e. The van der Waals surface area contributed by atoms with Crippen LogP contribution in [0.3, 0.4) is 0 Å². The van der Waals surface area contributed by atoms with Crippen molar-refractivity contribution < 1.29 is 9.84 Å². The minimum atomic E-state index is 0.0554. The Hall–Kier alpha value is -3.32. The van der Waals surface area contributed by atoms with E-state index in [-0.39, 0.29) is 18.5 Å². The molecule has 1 saturated heterocycles. The van der Waals surface area contributed by atoms with Crippen LogP contribution in [0.1, 0.15) is 30.9 Å². The predicted molar refractivity (Wildman–Crippen MR) is 131 cm³/mol. The first-order chi connectivity index (χ1) is 15.5. The molecule has 0 spiro atoms. The van der Waals surface area contributed by atoms with Gasteiger partial charge in [0.2, 0.25) is 0 Å². The maximum atomic E-state index is 9.50. The topological polar surface area (TPSA) is 110 Å². The Kier molecular flexibility index (Phi) is 8.27. The van der Waals surface area contributed by atoms with Gasteiger partial charge in [-0.1, -0.05) is 30.4 Å². The molecule has 7 heteroatoms. The van der Waals surface area contributed by atoms with E-state index in [1.807, 2.05) is 67.6 Å². The Labute approximate surface area is 190 Å². The van der Waals surface area contributed by atoms with E-state index in [2.05, 4.69) is 9.80 Å². The molecule has 2 aromatic carbocycles. The van der Waals surface area contributed by atoms with Crippen molar-refractivity contribution in [1.82, 2.24) is 4.90 Å². The number of hydrogen-bond acceptors (Lipinski definition) is 5. The van der Waals surface area contributed by atoms with Gasteiger partial charge in [0.25, 0.3) is 0 Å². The largest absolute Gasteiger partial charge is 0.490 e. The summed E-state index contributed by atoms with van der Waals surface area (Å²) in [5.41, 5.74) is 8.27. The van der Waals surface area contributed by atoms with Crippen molar-refractivity contribution in [2.75, 3.05) is 37.7 Å². The molecule has 170 valence electrons. The number of aliphatic hydroxyl groups is 1. The highest BCUT2D eigenvalue weighted by atomic mass is 16.5. The number of hydrogen-bond donors (Lipinski definition) is 4. The van der Waals surface area contributed by atoms with Crippen LogP contribution in [0.25, 0.3) is 6.08 Å². The third-order valence-corrected chi connectivity index (χ3v) is 5.62. The average Bonchev–Trinajstić information content (AvgIpc) is 2.79. The number of piperidine rings is 1. The summed E-state index contributed by atoms with van der Waals surface area (Å²) in [6.45, 7) is 4.80. The molecule has 2 aromatic rings. The number of rotatable bonds is 9. The molecule has 32 heavy (non-hydrogen) atoms. The monoisotopic (exact) mass is 435 g/mol. The third kappa shape index (κ3) is 6.59. The second-order valence-corrected chi connectivity index (χ2v) is 7.99. The molecule has 1 fully saturated rings. The van der Waals surface area contributed by atoms with Gasteiger partial charge in [0, 0.05) is 50.3 Å². The molecular formula is C25H33N5O2. The van der Waals surface area contributed by atoms with E-state index in [0.29, 0.717) is 24.5 Å². The smallest absolute Gasteiger partial charge is 0.122 e. The fraction of sp³-hybridized carbons (Fsp3) is 0.360. The summed E-state index contributed by atoms with van der Waals surface area (Å²) in [7, 11) is 0. The quantitative estimate of drug-likeness (QED) is 0.357. The van der Waals surface area contributed by atoms with Gasteiger partial charge in [0.1, 0.15) is 17.7 Å². The summed E-state index contributed by atoms with van der Waals surface area (Å²) in [5, 5.41) is 24.8.